The predicted molar refractivity (Wildman–Crippen MR) is 112 cm³/mol. The van der Waals surface area contributed by atoms with Gasteiger partial charge in [-0.25, -0.2) is 4.98 Å². The van der Waals surface area contributed by atoms with Crippen LogP contribution < -0.4 is 20.7 Å². The Morgan fingerprint density at radius 2 is 2.00 bits per heavy atom. The first-order chi connectivity index (χ1) is 13.5. The Balaban J connectivity index is 1.79. The average Bonchev–Trinajstić information content (AvgIpc) is 2.70. The van der Waals surface area contributed by atoms with Gasteiger partial charge in [-0.05, 0) is 43.5 Å². The lowest BCUT2D eigenvalue weighted by Crippen LogP contribution is -2.37. The fourth-order valence-corrected chi connectivity index (χ4v) is 2.57. The number of carbonyl (C=O) groups is 1. The molecule has 2 aromatic rings. The summed E-state index contributed by atoms with van der Waals surface area (Å²) >= 11 is 0. The maximum absolute atomic E-state index is 11.7. The van der Waals surface area contributed by atoms with Crippen molar-refractivity contribution in [3.05, 3.63) is 59.3 Å². The number of hydrogen-bond acceptors (Lipinski definition) is 4. The summed E-state index contributed by atoms with van der Waals surface area (Å²) in [6.45, 7) is 5.26. The lowest BCUT2D eigenvalue weighted by molar-refractivity contribution is 0.0963. The summed E-state index contributed by atoms with van der Waals surface area (Å²) in [5.41, 5.74) is 2.80. The van der Waals surface area contributed by atoms with Gasteiger partial charge >= 0.3 is 0 Å². The van der Waals surface area contributed by atoms with Gasteiger partial charge in [-0.3, -0.25) is 9.79 Å². The summed E-state index contributed by atoms with van der Waals surface area (Å²) in [5.74, 6) is 1.26. The maximum atomic E-state index is 11.7. The third-order valence-corrected chi connectivity index (χ3v) is 3.96. The first kappa shape index (κ1) is 21.2. The highest BCUT2D eigenvalue weighted by atomic mass is 16.5. The van der Waals surface area contributed by atoms with Gasteiger partial charge < -0.3 is 20.7 Å². The number of aliphatic imine (C=N–C) groups is 1. The lowest BCUT2D eigenvalue weighted by Gasteiger charge is -2.13. The smallest absolute Gasteiger partial charge is 0.251 e. The Kier molecular flexibility index (Phi) is 8.27. The van der Waals surface area contributed by atoms with Crippen LogP contribution in [0, 0.1) is 0 Å². The summed E-state index contributed by atoms with van der Waals surface area (Å²) in [6, 6.07) is 11.5. The van der Waals surface area contributed by atoms with E-state index in [0.29, 0.717) is 30.5 Å². The van der Waals surface area contributed by atoms with Crippen molar-refractivity contribution in [2.45, 2.75) is 32.9 Å². The molecule has 1 amide bonds. The topological polar surface area (TPSA) is 87.6 Å². The molecule has 1 aromatic heterocycles. The number of ether oxygens (including phenoxy) is 1. The summed E-state index contributed by atoms with van der Waals surface area (Å²) in [4.78, 5) is 20.3. The van der Waals surface area contributed by atoms with Gasteiger partial charge in [-0.2, -0.15) is 0 Å². The Labute approximate surface area is 166 Å². The van der Waals surface area contributed by atoms with Crippen LogP contribution in [0.5, 0.6) is 5.88 Å². The second-order valence-corrected chi connectivity index (χ2v) is 6.55. The molecule has 2 rings (SSSR count). The standard InChI is InChI=1S/C21H29N5O2/c1-15(2)28-19-9-8-17(13-25-19)14-26-21(23-4)24-11-10-16-6-5-7-18(12-16)20(27)22-3/h5-9,12-13,15H,10-11,14H2,1-4H3,(H,22,27)(H2,23,24,26). The van der Waals surface area contributed by atoms with E-state index in [0.717, 1.165) is 17.5 Å². The van der Waals surface area contributed by atoms with Crippen molar-refractivity contribution < 1.29 is 9.53 Å². The minimum Gasteiger partial charge on any atom is -0.475 e. The van der Waals surface area contributed by atoms with Crippen molar-refractivity contribution in [2.24, 2.45) is 4.99 Å². The van der Waals surface area contributed by atoms with Crippen molar-refractivity contribution in [1.29, 1.82) is 0 Å². The molecule has 0 bridgehead atoms. The summed E-state index contributed by atoms with van der Waals surface area (Å²) in [6.07, 6.45) is 2.69. The van der Waals surface area contributed by atoms with Crippen molar-refractivity contribution in [1.82, 2.24) is 20.9 Å². The molecule has 0 aliphatic rings. The van der Waals surface area contributed by atoms with E-state index in [1.54, 1.807) is 20.3 Å². The normalized spacial score (nSPS) is 11.2. The molecular formula is C21H29N5O2. The molecule has 0 radical (unpaired) electrons. The number of aromatic nitrogens is 1. The van der Waals surface area contributed by atoms with Gasteiger partial charge in [-0.15, -0.1) is 0 Å². The van der Waals surface area contributed by atoms with Gasteiger partial charge in [0.15, 0.2) is 5.96 Å². The second kappa shape index (κ2) is 10.9. The molecule has 7 heteroatoms. The quantitative estimate of drug-likeness (QED) is 0.480. The van der Waals surface area contributed by atoms with Crippen molar-refractivity contribution in [3.8, 4) is 5.88 Å². The second-order valence-electron chi connectivity index (χ2n) is 6.55. The number of nitrogens with zero attached hydrogens (tertiary/aromatic N) is 2. The SMILES string of the molecule is CN=C(NCCc1cccc(C(=O)NC)c1)NCc1ccc(OC(C)C)nc1. The van der Waals surface area contributed by atoms with E-state index in [1.807, 2.05) is 50.2 Å². The predicted octanol–water partition coefficient (Wildman–Crippen LogP) is 2.14. The molecule has 0 aliphatic heterocycles. The average molecular weight is 383 g/mol. The molecule has 7 nitrogen and oxygen atoms in total. The van der Waals surface area contributed by atoms with Crippen molar-refractivity contribution >= 4 is 11.9 Å². The molecule has 0 aliphatic carbocycles. The zero-order chi connectivity index (χ0) is 20.4. The molecule has 28 heavy (non-hydrogen) atoms. The van der Waals surface area contributed by atoms with E-state index < -0.39 is 0 Å². The highest BCUT2D eigenvalue weighted by Gasteiger charge is 2.05. The molecule has 0 atom stereocenters. The zero-order valence-corrected chi connectivity index (χ0v) is 17.0. The van der Waals surface area contributed by atoms with Gasteiger partial charge in [0.05, 0.1) is 6.10 Å². The van der Waals surface area contributed by atoms with Crippen LogP contribution in [0.3, 0.4) is 0 Å². The maximum Gasteiger partial charge on any atom is 0.251 e. The molecule has 3 N–H and O–H groups in total. The molecule has 0 fully saturated rings. The summed E-state index contributed by atoms with van der Waals surface area (Å²) in [7, 11) is 3.37. The Morgan fingerprint density at radius 1 is 1.18 bits per heavy atom. The number of rotatable bonds is 8. The fraction of sp³-hybridized carbons (Fsp3) is 0.381. The van der Waals surface area contributed by atoms with E-state index in [4.69, 9.17) is 4.74 Å². The molecule has 1 aromatic carbocycles. The fourth-order valence-electron chi connectivity index (χ4n) is 2.57. The van der Waals surface area contributed by atoms with Gasteiger partial charge in [0.1, 0.15) is 0 Å². The van der Waals surface area contributed by atoms with Crippen LogP contribution in [-0.2, 0) is 13.0 Å². The summed E-state index contributed by atoms with van der Waals surface area (Å²) < 4.78 is 5.55. The molecule has 0 spiro atoms. The molecule has 0 saturated carbocycles. The highest BCUT2D eigenvalue weighted by Crippen LogP contribution is 2.09. The van der Waals surface area contributed by atoms with Crippen LogP contribution in [0.2, 0.25) is 0 Å². The van der Waals surface area contributed by atoms with Crippen LogP contribution in [0.4, 0.5) is 0 Å². The monoisotopic (exact) mass is 383 g/mol. The number of benzene rings is 1. The van der Waals surface area contributed by atoms with E-state index in [-0.39, 0.29) is 12.0 Å². The van der Waals surface area contributed by atoms with Crippen LogP contribution in [0.1, 0.15) is 35.3 Å². The first-order valence-electron chi connectivity index (χ1n) is 9.39. The van der Waals surface area contributed by atoms with Crippen LogP contribution >= 0.6 is 0 Å². The van der Waals surface area contributed by atoms with E-state index in [2.05, 4.69) is 25.9 Å². The number of amides is 1. The van der Waals surface area contributed by atoms with Crippen molar-refractivity contribution in [2.75, 3.05) is 20.6 Å². The number of guanidine groups is 1. The largest absolute Gasteiger partial charge is 0.475 e. The zero-order valence-electron chi connectivity index (χ0n) is 17.0. The van der Waals surface area contributed by atoms with E-state index >= 15 is 0 Å². The van der Waals surface area contributed by atoms with Gasteiger partial charge in [0.2, 0.25) is 5.88 Å². The van der Waals surface area contributed by atoms with E-state index in [9.17, 15) is 4.79 Å². The van der Waals surface area contributed by atoms with Crippen LogP contribution in [-0.4, -0.2) is 43.6 Å². The Bertz CT molecular complexity index is 788. The number of pyridine rings is 1. The Morgan fingerprint density at radius 3 is 2.64 bits per heavy atom. The lowest BCUT2D eigenvalue weighted by atomic mass is 10.1. The first-order valence-corrected chi connectivity index (χ1v) is 9.39. The molecule has 0 saturated heterocycles. The molecule has 1 heterocycles. The van der Waals surface area contributed by atoms with Crippen LogP contribution in [0.25, 0.3) is 0 Å². The third-order valence-electron chi connectivity index (χ3n) is 3.96. The molecular weight excluding hydrogens is 354 g/mol. The van der Waals surface area contributed by atoms with Crippen LogP contribution in [0.15, 0.2) is 47.6 Å². The molecule has 0 unspecified atom stereocenters. The minimum absolute atomic E-state index is 0.0780. The van der Waals surface area contributed by atoms with Gasteiger partial charge in [0, 0.05) is 45.0 Å². The van der Waals surface area contributed by atoms with Gasteiger partial charge in [0.25, 0.3) is 5.91 Å². The number of carbonyl (C=O) groups excluding carboxylic acids is 1. The minimum atomic E-state index is -0.0780. The third kappa shape index (κ3) is 6.90. The number of nitrogens with one attached hydrogen (secondary N) is 3. The van der Waals surface area contributed by atoms with Crippen molar-refractivity contribution in [3.63, 3.8) is 0 Å². The number of hydrogen-bond donors (Lipinski definition) is 3. The molecule has 150 valence electrons. The van der Waals surface area contributed by atoms with Gasteiger partial charge in [-0.1, -0.05) is 18.2 Å². The van der Waals surface area contributed by atoms with E-state index in [1.165, 1.54) is 0 Å². The highest BCUT2D eigenvalue weighted by molar-refractivity contribution is 5.94. The Hall–Kier alpha value is -3.09. The summed E-state index contributed by atoms with van der Waals surface area (Å²) in [5, 5.41) is 9.19.